The number of benzene rings is 1. The zero-order chi connectivity index (χ0) is 16.4. The van der Waals surface area contributed by atoms with Gasteiger partial charge in [-0.2, -0.15) is 0 Å². The van der Waals surface area contributed by atoms with Gasteiger partial charge in [-0.15, -0.1) is 0 Å². The Labute approximate surface area is 146 Å². The molecule has 0 N–H and O–H groups in total. The van der Waals surface area contributed by atoms with Gasteiger partial charge in [0.1, 0.15) is 10.6 Å². The predicted octanol–water partition coefficient (Wildman–Crippen LogP) is 5.53. The average molecular weight is 385 g/mol. The smallest absolute Gasteiger partial charge is 0.399 e. The molecule has 2 aromatic heterocycles. The van der Waals surface area contributed by atoms with Crippen LogP contribution < -0.4 is 0 Å². The van der Waals surface area contributed by atoms with E-state index in [1.807, 2.05) is 12.1 Å². The fourth-order valence-corrected chi connectivity index (χ4v) is 4.85. The zero-order valence-electron chi connectivity index (χ0n) is 12.7. The summed E-state index contributed by atoms with van der Waals surface area (Å²) in [6.45, 7) is 0. The SMILES string of the molecule is O=[N+]([O-])c1ccc(-c2nc3c(Br)cccc3c3c2C2CCC3C2)o1. The molecule has 1 saturated carbocycles. The molecule has 2 heterocycles. The van der Waals surface area contributed by atoms with Gasteiger partial charge in [-0.3, -0.25) is 10.1 Å². The second kappa shape index (κ2) is 4.89. The highest BCUT2D eigenvalue weighted by Gasteiger charge is 2.41. The van der Waals surface area contributed by atoms with Crippen molar-refractivity contribution < 1.29 is 9.34 Å². The minimum Gasteiger partial charge on any atom is -0.399 e. The van der Waals surface area contributed by atoms with E-state index >= 15 is 0 Å². The number of hydrogen-bond donors (Lipinski definition) is 0. The van der Waals surface area contributed by atoms with Crippen molar-refractivity contribution in [3.05, 3.63) is 56.0 Å². The summed E-state index contributed by atoms with van der Waals surface area (Å²) in [5.74, 6) is 1.30. The molecule has 24 heavy (non-hydrogen) atoms. The van der Waals surface area contributed by atoms with Gasteiger partial charge in [-0.05, 0) is 70.3 Å². The fourth-order valence-electron chi connectivity index (χ4n) is 4.39. The van der Waals surface area contributed by atoms with Gasteiger partial charge in [0.15, 0.2) is 5.76 Å². The van der Waals surface area contributed by atoms with Gasteiger partial charge in [0.2, 0.25) is 0 Å². The third-order valence-electron chi connectivity index (χ3n) is 5.30. The van der Waals surface area contributed by atoms with E-state index in [2.05, 4.69) is 22.0 Å². The standard InChI is InChI=1S/C18H13BrN2O3/c19-12-3-1-2-11-15-9-4-5-10(8-9)16(15)18(20-17(11)12)13-6-7-14(24-13)21(22)23/h1-3,6-7,9-10H,4-5,8H2. The van der Waals surface area contributed by atoms with Crippen LogP contribution in [0.15, 0.2) is 39.2 Å². The normalized spacial score (nSPS) is 21.4. The van der Waals surface area contributed by atoms with E-state index in [0.29, 0.717) is 17.6 Å². The summed E-state index contributed by atoms with van der Waals surface area (Å²) >= 11 is 3.59. The van der Waals surface area contributed by atoms with E-state index in [4.69, 9.17) is 9.40 Å². The molecule has 0 radical (unpaired) electrons. The molecule has 2 atom stereocenters. The zero-order valence-corrected chi connectivity index (χ0v) is 14.2. The molecule has 2 aliphatic carbocycles. The summed E-state index contributed by atoms with van der Waals surface area (Å²) in [5.41, 5.74) is 4.27. The highest BCUT2D eigenvalue weighted by molar-refractivity contribution is 9.10. The second-order valence-electron chi connectivity index (χ2n) is 6.53. The van der Waals surface area contributed by atoms with Crippen LogP contribution in [0.2, 0.25) is 0 Å². The van der Waals surface area contributed by atoms with Crippen LogP contribution in [-0.2, 0) is 0 Å². The summed E-state index contributed by atoms with van der Waals surface area (Å²) in [6, 6.07) is 9.21. The number of rotatable bonds is 2. The minimum absolute atomic E-state index is 0.240. The summed E-state index contributed by atoms with van der Waals surface area (Å²) in [4.78, 5) is 15.3. The number of hydrogen-bond acceptors (Lipinski definition) is 4. The van der Waals surface area contributed by atoms with E-state index in [1.165, 1.54) is 29.0 Å². The van der Waals surface area contributed by atoms with Gasteiger partial charge < -0.3 is 4.42 Å². The Kier molecular flexibility index (Phi) is 2.89. The third kappa shape index (κ3) is 1.83. The van der Waals surface area contributed by atoms with Gasteiger partial charge >= 0.3 is 5.88 Å². The topological polar surface area (TPSA) is 69.2 Å². The summed E-state index contributed by atoms with van der Waals surface area (Å²) in [5, 5.41) is 12.1. The Morgan fingerprint density at radius 3 is 2.71 bits per heavy atom. The average Bonchev–Trinajstić information content (AvgIpc) is 3.30. The minimum atomic E-state index is -0.507. The largest absolute Gasteiger partial charge is 0.433 e. The number of nitro groups is 1. The van der Waals surface area contributed by atoms with Crippen molar-refractivity contribution in [2.24, 2.45) is 0 Å². The first kappa shape index (κ1) is 14.2. The lowest BCUT2D eigenvalue weighted by molar-refractivity contribution is -0.401. The number of fused-ring (bicyclic) bond motifs is 7. The van der Waals surface area contributed by atoms with Crippen LogP contribution in [0.5, 0.6) is 0 Å². The van der Waals surface area contributed by atoms with Crippen molar-refractivity contribution in [3.8, 4) is 11.5 Å². The fraction of sp³-hybridized carbons (Fsp3) is 0.278. The molecule has 0 spiro atoms. The predicted molar refractivity (Wildman–Crippen MR) is 93.1 cm³/mol. The first-order valence-electron chi connectivity index (χ1n) is 8.00. The van der Waals surface area contributed by atoms with Crippen molar-refractivity contribution in [3.63, 3.8) is 0 Å². The lowest BCUT2D eigenvalue weighted by atomic mass is 9.87. The van der Waals surface area contributed by atoms with E-state index in [-0.39, 0.29) is 5.88 Å². The van der Waals surface area contributed by atoms with Crippen molar-refractivity contribution >= 4 is 32.7 Å². The third-order valence-corrected chi connectivity index (χ3v) is 5.94. The van der Waals surface area contributed by atoms with Crippen LogP contribution in [0.4, 0.5) is 5.88 Å². The molecule has 2 bridgehead atoms. The van der Waals surface area contributed by atoms with Crippen molar-refractivity contribution in [2.45, 2.75) is 31.1 Å². The molecule has 1 aromatic carbocycles. The van der Waals surface area contributed by atoms with E-state index in [0.717, 1.165) is 28.5 Å². The van der Waals surface area contributed by atoms with Crippen LogP contribution in [0.25, 0.3) is 22.4 Å². The van der Waals surface area contributed by atoms with E-state index in [1.54, 1.807) is 6.07 Å². The number of aromatic nitrogens is 1. The number of furan rings is 1. The van der Waals surface area contributed by atoms with Gasteiger partial charge in [0.05, 0.1) is 11.6 Å². The van der Waals surface area contributed by atoms with E-state index < -0.39 is 4.92 Å². The lowest BCUT2D eigenvalue weighted by Gasteiger charge is -2.20. The maximum Gasteiger partial charge on any atom is 0.433 e. The Hall–Kier alpha value is -2.21. The molecular weight excluding hydrogens is 372 g/mol. The number of nitrogens with zero attached hydrogens (tertiary/aromatic N) is 2. The molecule has 3 aromatic rings. The molecule has 5 nitrogen and oxygen atoms in total. The summed E-state index contributed by atoms with van der Waals surface area (Å²) in [6.07, 6.45) is 3.52. The molecule has 1 fully saturated rings. The van der Waals surface area contributed by atoms with Crippen molar-refractivity contribution in [1.82, 2.24) is 4.98 Å². The maximum atomic E-state index is 11.0. The number of pyridine rings is 1. The monoisotopic (exact) mass is 384 g/mol. The van der Waals surface area contributed by atoms with Crippen LogP contribution in [-0.4, -0.2) is 9.91 Å². The molecule has 0 amide bonds. The van der Waals surface area contributed by atoms with Gasteiger partial charge in [-0.25, -0.2) is 4.98 Å². The number of halogens is 1. The van der Waals surface area contributed by atoms with Crippen LogP contribution in [0, 0.1) is 10.1 Å². The van der Waals surface area contributed by atoms with E-state index in [9.17, 15) is 10.1 Å². The van der Waals surface area contributed by atoms with Crippen molar-refractivity contribution in [2.75, 3.05) is 0 Å². The summed E-state index contributed by atoms with van der Waals surface area (Å²) in [7, 11) is 0. The molecule has 2 aliphatic rings. The molecule has 0 saturated heterocycles. The Morgan fingerprint density at radius 2 is 1.96 bits per heavy atom. The van der Waals surface area contributed by atoms with Crippen LogP contribution >= 0.6 is 15.9 Å². The van der Waals surface area contributed by atoms with Crippen molar-refractivity contribution in [1.29, 1.82) is 0 Å². The van der Waals surface area contributed by atoms with Gasteiger partial charge in [0, 0.05) is 9.86 Å². The molecule has 6 heteroatoms. The van der Waals surface area contributed by atoms with Crippen LogP contribution in [0.3, 0.4) is 0 Å². The Bertz CT molecular complexity index is 1010. The maximum absolute atomic E-state index is 11.0. The first-order chi connectivity index (χ1) is 11.6. The lowest BCUT2D eigenvalue weighted by Crippen LogP contribution is -2.04. The highest BCUT2D eigenvalue weighted by Crippen LogP contribution is 2.57. The van der Waals surface area contributed by atoms with Gasteiger partial charge in [0.25, 0.3) is 0 Å². The molecule has 5 rings (SSSR count). The molecule has 2 unspecified atom stereocenters. The Balaban J connectivity index is 1.84. The second-order valence-corrected chi connectivity index (χ2v) is 7.38. The quantitative estimate of drug-likeness (QED) is 0.430. The van der Waals surface area contributed by atoms with Gasteiger partial charge in [-0.1, -0.05) is 12.1 Å². The molecular formula is C18H13BrN2O3. The highest BCUT2D eigenvalue weighted by atomic mass is 79.9. The van der Waals surface area contributed by atoms with Crippen LogP contribution in [0.1, 0.15) is 42.2 Å². The molecule has 0 aliphatic heterocycles. The first-order valence-corrected chi connectivity index (χ1v) is 8.79. The summed E-state index contributed by atoms with van der Waals surface area (Å²) < 4.78 is 6.41. The molecule has 120 valence electrons. The Morgan fingerprint density at radius 1 is 1.17 bits per heavy atom. The number of para-hydroxylation sites is 1.